The molecule has 0 saturated carbocycles. The maximum absolute atomic E-state index is 13.1. The number of rotatable bonds is 7. The monoisotopic (exact) mass is 267 g/mol. The number of aryl methyl sites for hydroxylation is 1. The molecule has 1 atom stereocenters. The molecule has 0 radical (unpaired) electrons. The van der Waals surface area contributed by atoms with E-state index in [9.17, 15) is 9.18 Å². The van der Waals surface area contributed by atoms with E-state index in [2.05, 4.69) is 12.2 Å². The van der Waals surface area contributed by atoms with Gasteiger partial charge >= 0.3 is 0 Å². The Kier molecular flexibility index (Phi) is 6.33. The molecular weight excluding hydrogens is 245 g/mol. The second kappa shape index (κ2) is 7.77. The third-order valence-corrected chi connectivity index (χ3v) is 2.89. The van der Waals surface area contributed by atoms with Gasteiger partial charge in [-0.25, -0.2) is 4.39 Å². The van der Waals surface area contributed by atoms with E-state index >= 15 is 0 Å². The quantitative estimate of drug-likeness (QED) is 0.770. The van der Waals surface area contributed by atoms with Crippen LogP contribution in [0.3, 0.4) is 0 Å². The van der Waals surface area contributed by atoms with E-state index in [1.807, 2.05) is 0 Å². The summed E-state index contributed by atoms with van der Waals surface area (Å²) in [4.78, 5) is 11.8. The van der Waals surface area contributed by atoms with E-state index in [0.29, 0.717) is 17.9 Å². The summed E-state index contributed by atoms with van der Waals surface area (Å²) in [5.41, 5.74) is 0.507. The molecule has 1 aromatic rings. The second-order valence-corrected chi connectivity index (χ2v) is 4.67. The molecule has 1 unspecified atom stereocenters. The highest BCUT2D eigenvalue weighted by atomic mass is 19.1. The van der Waals surface area contributed by atoms with Gasteiger partial charge in [-0.3, -0.25) is 4.79 Å². The number of carbonyl (C=O) groups excluding carboxylic acids is 1. The van der Waals surface area contributed by atoms with Gasteiger partial charge in [0.2, 0.25) is 0 Å². The molecule has 19 heavy (non-hydrogen) atoms. The first kappa shape index (κ1) is 15.5. The third kappa shape index (κ3) is 5.28. The van der Waals surface area contributed by atoms with E-state index in [1.54, 1.807) is 19.9 Å². The number of hydrogen-bond acceptors (Lipinski definition) is 2. The van der Waals surface area contributed by atoms with Crippen molar-refractivity contribution >= 4 is 5.91 Å². The average Bonchev–Trinajstić information content (AvgIpc) is 2.38. The molecule has 1 rings (SSSR count). The maximum atomic E-state index is 13.1. The van der Waals surface area contributed by atoms with Gasteiger partial charge in [0.25, 0.3) is 5.91 Å². The highest BCUT2D eigenvalue weighted by Gasteiger charge is 2.14. The van der Waals surface area contributed by atoms with Crippen molar-refractivity contribution in [3.05, 3.63) is 29.6 Å². The zero-order valence-electron chi connectivity index (χ0n) is 11.8. The fourth-order valence-corrected chi connectivity index (χ4v) is 1.68. The van der Waals surface area contributed by atoms with Gasteiger partial charge in [-0.05, 0) is 44.0 Å². The molecule has 0 saturated heterocycles. The third-order valence-electron chi connectivity index (χ3n) is 2.89. The average molecular weight is 267 g/mol. The molecule has 0 spiro atoms. The van der Waals surface area contributed by atoms with Crippen LogP contribution >= 0.6 is 0 Å². The van der Waals surface area contributed by atoms with E-state index in [1.165, 1.54) is 12.1 Å². The summed E-state index contributed by atoms with van der Waals surface area (Å²) in [6.45, 7) is 6.14. The summed E-state index contributed by atoms with van der Waals surface area (Å²) in [5, 5.41) is 2.83. The zero-order valence-corrected chi connectivity index (χ0v) is 11.8. The van der Waals surface area contributed by atoms with Crippen LogP contribution in [0.2, 0.25) is 0 Å². The normalized spacial score (nSPS) is 12.0. The molecule has 0 bridgehead atoms. The zero-order chi connectivity index (χ0) is 14.3. The Hall–Kier alpha value is -1.58. The lowest BCUT2D eigenvalue weighted by Crippen LogP contribution is -2.36. The highest BCUT2D eigenvalue weighted by molar-refractivity contribution is 5.80. The summed E-state index contributed by atoms with van der Waals surface area (Å²) >= 11 is 0. The Morgan fingerprint density at radius 1 is 1.42 bits per heavy atom. The smallest absolute Gasteiger partial charge is 0.260 e. The molecule has 106 valence electrons. The lowest BCUT2D eigenvalue weighted by atomic mass is 10.2. The molecule has 1 amide bonds. The van der Waals surface area contributed by atoms with Crippen LogP contribution in [0.1, 0.15) is 38.7 Å². The van der Waals surface area contributed by atoms with Crippen molar-refractivity contribution in [2.45, 2.75) is 46.1 Å². The number of hydrogen-bond donors (Lipinski definition) is 1. The molecule has 0 fully saturated rings. The van der Waals surface area contributed by atoms with Crippen LogP contribution in [0.4, 0.5) is 4.39 Å². The van der Waals surface area contributed by atoms with E-state index < -0.39 is 6.10 Å². The van der Waals surface area contributed by atoms with Crippen molar-refractivity contribution in [2.75, 3.05) is 6.54 Å². The Morgan fingerprint density at radius 3 is 2.79 bits per heavy atom. The maximum Gasteiger partial charge on any atom is 0.260 e. The van der Waals surface area contributed by atoms with Crippen LogP contribution in [0.25, 0.3) is 0 Å². The summed E-state index contributed by atoms with van der Waals surface area (Å²) in [7, 11) is 0. The van der Waals surface area contributed by atoms with Gasteiger partial charge in [-0.1, -0.05) is 19.8 Å². The van der Waals surface area contributed by atoms with Crippen LogP contribution in [0, 0.1) is 12.7 Å². The van der Waals surface area contributed by atoms with Gasteiger partial charge in [0, 0.05) is 6.54 Å². The largest absolute Gasteiger partial charge is 0.481 e. The lowest BCUT2D eigenvalue weighted by Gasteiger charge is -2.15. The molecule has 0 heterocycles. The number of benzene rings is 1. The van der Waals surface area contributed by atoms with Crippen molar-refractivity contribution in [3.8, 4) is 5.75 Å². The topological polar surface area (TPSA) is 38.3 Å². The molecule has 1 N–H and O–H groups in total. The molecule has 0 aliphatic rings. The van der Waals surface area contributed by atoms with Gasteiger partial charge in [-0.2, -0.15) is 0 Å². The molecular formula is C15H22FNO2. The number of halogens is 1. The Labute approximate surface area is 114 Å². The number of nitrogens with one attached hydrogen (secondary N) is 1. The first-order valence-electron chi connectivity index (χ1n) is 6.75. The van der Waals surface area contributed by atoms with Crippen LogP contribution < -0.4 is 10.1 Å². The molecule has 1 aromatic carbocycles. The first-order chi connectivity index (χ1) is 9.04. The fraction of sp³-hybridized carbons (Fsp3) is 0.533. The van der Waals surface area contributed by atoms with E-state index in [-0.39, 0.29) is 11.7 Å². The standard InChI is InChI=1S/C15H22FNO2/c1-4-5-6-9-17-15(18)12(3)19-13-7-8-14(16)11(2)10-13/h7-8,10,12H,4-6,9H2,1-3H3,(H,17,18). The number of unbranched alkanes of at least 4 members (excludes halogenated alkanes) is 2. The Bertz CT molecular complexity index is 421. The predicted molar refractivity (Wildman–Crippen MR) is 73.8 cm³/mol. The minimum absolute atomic E-state index is 0.141. The summed E-state index contributed by atoms with van der Waals surface area (Å²) in [6, 6.07) is 4.47. The van der Waals surface area contributed by atoms with Crippen molar-refractivity contribution in [1.82, 2.24) is 5.32 Å². The van der Waals surface area contributed by atoms with Gasteiger partial charge in [-0.15, -0.1) is 0 Å². The number of carbonyl (C=O) groups is 1. The molecule has 3 nitrogen and oxygen atoms in total. The molecule has 0 aliphatic heterocycles. The Morgan fingerprint density at radius 2 is 2.16 bits per heavy atom. The molecule has 0 aromatic heterocycles. The van der Waals surface area contributed by atoms with Crippen LogP contribution in [0.5, 0.6) is 5.75 Å². The van der Waals surface area contributed by atoms with Crippen LogP contribution in [-0.2, 0) is 4.79 Å². The van der Waals surface area contributed by atoms with Gasteiger partial charge in [0.15, 0.2) is 6.10 Å². The predicted octanol–water partition coefficient (Wildman–Crippen LogP) is 3.21. The number of ether oxygens (including phenoxy) is 1. The Balaban J connectivity index is 2.42. The van der Waals surface area contributed by atoms with Crippen LogP contribution in [-0.4, -0.2) is 18.6 Å². The van der Waals surface area contributed by atoms with E-state index in [0.717, 1.165) is 19.3 Å². The van der Waals surface area contributed by atoms with E-state index in [4.69, 9.17) is 4.74 Å². The SMILES string of the molecule is CCCCCNC(=O)C(C)Oc1ccc(F)c(C)c1. The van der Waals surface area contributed by atoms with Crippen molar-refractivity contribution in [2.24, 2.45) is 0 Å². The van der Waals surface area contributed by atoms with Gasteiger partial charge in [0.05, 0.1) is 0 Å². The van der Waals surface area contributed by atoms with Crippen LogP contribution in [0.15, 0.2) is 18.2 Å². The summed E-state index contributed by atoms with van der Waals surface area (Å²) < 4.78 is 18.6. The lowest BCUT2D eigenvalue weighted by molar-refractivity contribution is -0.127. The molecule has 4 heteroatoms. The van der Waals surface area contributed by atoms with Crippen molar-refractivity contribution < 1.29 is 13.9 Å². The minimum Gasteiger partial charge on any atom is -0.481 e. The second-order valence-electron chi connectivity index (χ2n) is 4.67. The van der Waals surface area contributed by atoms with Gasteiger partial charge < -0.3 is 10.1 Å². The summed E-state index contributed by atoms with van der Waals surface area (Å²) in [5.74, 6) is 0.0946. The van der Waals surface area contributed by atoms with Crippen molar-refractivity contribution in [3.63, 3.8) is 0 Å². The molecule has 0 aliphatic carbocycles. The fourth-order valence-electron chi connectivity index (χ4n) is 1.68. The van der Waals surface area contributed by atoms with Crippen molar-refractivity contribution in [1.29, 1.82) is 0 Å². The minimum atomic E-state index is -0.577. The highest BCUT2D eigenvalue weighted by Crippen LogP contribution is 2.17. The van der Waals surface area contributed by atoms with Gasteiger partial charge in [0.1, 0.15) is 11.6 Å². The summed E-state index contributed by atoms with van der Waals surface area (Å²) in [6.07, 6.45) is 2.63. The number of amides is 1. The first-order valence-corrected chi connectivity index (χ1v) is 6.75.